The maximum absolute atomic E-state index is 2.25. The minimum Gasteiger partial charge on any atom is -0.0616 e. The van der Waals surface area contributed by atoms with Crippen LogP contribution in [0.4, 0.5) is 0 Å². The summed E-state index contributed by atoms with van der Waals surface area (Å²) in [5.74, 6) is 0. The molecule has 0 nitrogen and oxygen atoms in total. The predicted molar refractivity (Wildman–Crippen MR) is 143 cm³/mol. The Labute approximate surface area is 192 Å². The zero-order valence-electron chi connectivity index (χ0n) is 20.2. The SMILES string of the molecule is CC(C)(C)c1ccc(C(C)(C)C)cc1.c1ccc2c(c1)c1ccccc1c1ccccc21. The number of hydrogen-bond donors (Lipinski definition) is 0. The van der Waals surface area contributed by atoms with Gasteiger partial charge in [0.1, 0.15) is 0 Å². The Morgan fingerprint density at radius 3 is 0.656 bits per heavy atom. The largest absolute Gasteiger partial charge is 0.0616 e. The number of benzene rings is 5. The fraction of sp³-hybridized carbons (Fsp3) is 0.250. The highest BCUT2D eigenvalue weighted by atomic mass is 14.2. The van der Waals surface area contributed by atoms with Crippen LogP contribution in [0.5, 0.6) is 0 Å². The second-order valence-electron chi connectivity index (χ2n) is 10.7. The molecule has 0 N–H and O–H groups in total. The zero-order chi connectivity index (χ0) is 22.9. The zero-order valence-corrected chi connectivity index (χ0v) is 20.2. The van der Waals surface area contributed by atoms with E-state index >= 15 is 0 Å². The number of fused-ring (bicyclic) bond motifs is 6. The summed E-state index contributed by atoms with van der Waals surface area (Å²) < 4.78 is 0. The van der Waals surface area contributed by atoms with Crippen molar-refractivity contribution in [2.24, 2.45) is 0 Å². The van der Waals surface area contributed by atoms with Crippen LogP contribution in [-0.4, -0.2) is 0 Å². The van der Waals surface area contributed by atoms with Crippen molar-refractivity contribution < 1.29 is 0 Å². The molecule has 0 heteroatoms. The standard InChI is InChI=1S/C18H12.C14H22/c1-2-8-14-13(7-1)15-9-3-4-11-17(15)18-12-6-5-10-16(14)18;1-13(2,3)11-7-9-12(10-8-11)14(4,5)6/h1-12H;7-10H,1-6H3. The van der Waals surface area contributed by atoms with Gasteiger partial charge >= 0.3 is 0 Å². The average molecular weight is 419 g/mol. The van der Waals surface area contributed by atoms with Crippen molar-refractivity contribution in [3.63, 3.8) is 0 Å². The van der Waals surface area contributed by atoms with E-state index in [2.05, 4.69) is 139 Å². The van der Waals surface area contributed by atoms with Gasteiger partial charge in [0, 0.05) is 0 Å². The fourth-order valence-corrected chi connectivity index (χ4v) is 4.33. The van der Waals surface area contributed by atoms with E-state index in [1.54, 1.807) is 0 Å². The van der Waals surface area contributed by atoms with Gasteiger partial charge in [-0.3, -0.25) is 0 Å². The predicted octanol–water partition coefficient (Wildman–Crippen LogP) is 9.43. The summed E-state index contributed by atoms with van der Waals surface area (Å²) in [6, 6.07) is 35.0. The Bertz CT molecular complexity index is 1100. The minimum absolute atomic E-state index is 0.260. The third kappa shape index (κ3) is 4.41. The van der Waals surface area contributed by atoms with Crippen molar-refractivity contribution in [1.29, 1.82) is 0 Å². The molecule has 0 saturated heterocycles. The summed E-state index contributed by atoms with van der Waals surface area (Å²) in [4.78, 5) is 0. The molecule has 0 spiro atoms. The molecule has 0 aliphatic rings. The number of hydrogen-bond acceptors (Lipinski definition) is 0. The van der Waals surface area contributed by atoms with E-state index in [-0.39, 0.29) is 10.8 Å². The van der Waals surface area contributed by atoms with Gasteiger partial charge in [-0.05, 0) is 54.3 Å². The third-order valence-electron chi connectivity index (χ3n) is 6.27. The van der Waals surface area contributed by atoms with Crippen LogP contribution in [0.2, 0.25) is 0 Å². The topological polar surface area (TPSA) is 0 Å². The Balaban J connectivity index is 0.000000159. The molecule has 5 aromatic carbocycles. The van der Waals surface area contributed by atoms with Crippen molar-refractivity contribution >= 4 is 32.3 Å². The normalized spacial score (nSPS) is 12.1. The minimum atomic E-state index is 0.260. The van der Waals surface area contributed by atoms with E-state index in [1.165, 1.54) is 43.4 Å². The van der Waals surface area contributed by atoms with Crippen molar-refractivity contribution in [3.8, 4) is 0 Å². The third-order valence-corrected chi connectivity index (χ3v) is 6.27. The lowest BCUT2D eigenvalue weighted by Crippen LogP contribution is -2.14. The van der Waals surface area contributed by atoms with Crippen LogP contribution in [0.15, 0.2) is 97.1 Å². The van der Waals surface area contributed by atoms with Gasteiger partial charge in [-0.2, -0.15) is 0 Å². The lowest BCUT2D eigenvalue weighted by molar-refractivity contribution is 0.577. The van der Waals surface area contributed by atoms with E-state index in [9.17, 15) is 0 Å². The van der Waals surface area contributed by atoms with Crippen LogP contribution >= 0.6 is 0 Å². The first kappa shape index (κ1) is 22.1. The van der Waals surface area contributed by atoms with Crippen LogP contribution < -0.4 is 0 Å². The second-order valence-corrected chi connectivity index (χ2v) is 10.7. The molecule has 0 saturated carbocycles. The molecule has 0 atom stereocenters. The molecule has 5 aromatic rings. The van der Waals surface area contributed by atoms with E-state index in [0.717, 1.165) is 0 Å². The lowest BCUT2D eigenvalue weighted by Gasteiger charge is -2.23. The summed E-state index contributed by atoms with van der Waals surface area (Å²) >= 11 is 0. The summed E-state index contributed by atoms with van der Waals surface area (Å²) in [5.41, 5.74) is 3.34. The van der Waals surface area contributed by atoms with E-state index in [4.69, 9.17) is 0 Å². The highest BCUT2D eigenvalue weighted by Gasteiger charge is 2.16. The molecular weight excluding hydrogens is 384 g/mol. The maximum Gasteiger partial charge on any atom is -0.00990 e. The van der Waals surface area contributed by atoms with Gasteiger partial charge in [0.25, 0.3) is 0 Å². The highest BCUT2D eigenvalue weighted by Crippen LogP contribution is 2.34. The van der Waals surface area contributed by atoms with Gasteiger partial charge in [0.15, 0.2) is 0 Å². The molecule has 0 radical (unpaired) electrons. The molecule has 0 heterocycles. The molecule has 0 unspecified atom stereocenters. The Morgan fingerprint density at radius 2 is 0.500 bits per heavy atom. The number of rotatable bonds is 0. The molecule has 5 rings (SSSR count). The van der Waals surface area contributed by atoms with Gasteiger partial charge in [0.2, 0.25) is 0 Å². The summed E-state index contributed by atoms with van der Waals surface area (Å²) in [6.07, 6.45) is 0. The van der Waals surface area contributed by atoms with Crippen molar-refractivity contribution in [2.45, 2.75) is 52.4 Å². The quantitative estimate of drug-likeness (QED) is 0.220. The van der Waals surface area contributed by atoms with Gasteiger partial charge in [-0.1, -0.05) is 139 Å². The molecule has 32 heavy (non-hydrogen) atoms. The smallest absolute Gasteiger partial charge is 0.00990 e. The van der Waals surface area contributed by atoms with E-state index < -0.39 is 0 Å². The van der Waals surface area contributed by atoms with Crippen LogP contribution in [0.3, 0.4) is 0 Å². The molecule has 0 aliphatic carbocycles. The first-order valence-corrected chi connectivity index (χ1v) is 11.6. The van der Waals surface area contributed by atoms with Crippen molar-refractivity contribution in [2.75, 3.05) is 0 Å². The Kier molecular flexibility index (Phi) is 5.82. The average Bonchev–Trinajstić information content (AvgIpc) is 2.79. The summed E-state index contributed by atoms with van der Waals surface area (Å²) in [5, 5.41) is 8.04. The van der Waals surface area contributed by atoms with Crippen LogP contribution in [0.1, 0.15) is 52.7 Å². The van der Waals surface area contributed by atoms with Crippen LogP contribution in [0, 0.1) is 0 Å². The van der Waals surface area contributed by atoms with Gasteiger partial charge in [-0.25, -0.2) is 0 Å². The van der Waals surface area contributed by atoms with Crippen molar-refractivity contribution in [3.05, 3.63) is 108 Å². The van der Waals surface area contributed by atoms with Crippen molar-refractivity contribution in [1.82, 2.24) is 0 Å². The lowest BCUT2D eigenvalue weighted by atomic mass is 9.82. The molecule has 0 aromatic heterocycles. The first-order valence-electron chi connectivity index (χ1n) is 11.6. The first-order chi connectivity index (χ1) is 15.2. The molecule has 0 amide bonds. The molecule has 162 valence electrons. The second kappa shape index (κ2) is 8.43. The van der Waals surface area contributed by atoms with E-state index in [1.807, 2.05) is 0 Å². The molecule has 0 aliphatic heterocycles. The molecule has 0 fully saturated rings. The monoisotopic (exact) mass is 418 g/mol. The van der Waals surface area contributed by atoms with Crippen LogP contribution in [-0.2, 0) is 10.8 Å². The van der Waals surface area contributed by atoms with Gasteiger partial charge < -0.3 is 0 Å². The van der Waals surface area contributed by atoms with E-state index in [0.29, 0.717) is 0 Å². The maximum atomic E-state index is 2.25. The summed E-state index contributed by atoms with van der Waals surface area (Å²) in [6.45, 7) is 13.5. The van der Waals surface area contributed by atoms with Gasteiger partial charge in [0.05, 0.1) is 0 Å². The Morgan fingerprint density at radius 1 is 0.312 bits per heavy atom. The Hall–Kier alpha value is -3.12. The summed E-state index contributed by atoms with van der Waals surface area (Å²) in [7, 11) is 0. The highest BCUT2D eigenvalue weighted by molar-refractivity contribution is 6.25. The van der Waals surface area contributed by atoms with Gasteiger partial charge in [-0.15, -0.1) is 0 Å². The molecular formula is C32H34. The molecule has 0 bridgehead atoms. The van der Waals surface area contributed by atoms with Crippen LogP contribution in [0.25, 0.3) is 32.3 Å². The fourth-order valence-electron chi connectivity index (χ4n) is 4.33.